The van der Waals surface area contributed by atoms with Crippen molar-refractivity contribution in [1.29, 1.82) is 0 Å². The van der Waals surface area contributed by atoms with Gasteiger partial charge in [-0.15, -0.1) is 11.3 Å². The molecule has 1 amide bonds. The molecule has 0 fully saturated rings. The van der Waals surface area contributed by atoms with E-state index in [1.165, 1.54) is 23.5 Å². The van der Waals surface area contributed by atoms with Gasteiger partial charge in [-0.3, -0.25) is 4.79 Å². The molecule has 0 aliphatic carbocycles. The zero-order valence-corrected chi connectivity index (χ0v) is 14.5. The number of carbonyl (C=O) groups is 1. The van der Waals surface area contributed by atoms with Gasteiger partial charge in [-0.2, -0.15) is 0 Å². The van der Waals surface area contributed by atoms with Crippen molar-refractivity contribution in [3.63, 3.8) is 0 Å². The first-order valence-corrected chi connectivity index (χ1v) is 8.97. The third-order valence-electron chi connectivity index (χ3n) is 4.02. The maximum Gasteiger partial charge on any atom is 0.267 e. The minimum atomic E-state index is -0.284. The van der Waals surface area contributed by atoms with E-state index in [9.17, 15) is 9.18 Å². The summed E-state index contributed by atoms with van der Waals surface area (Å²) in [6, 6.07) is 19.5. The molecule has 0 spiro atoms. The predicted octanol–water partition coefficient (Wildman–Crippen LogP) is 5.60. The summed E-state index contributed by atoms with van der Waals surface area (Å²) in [6.45, 7) is 0. The first kappa shape index (κ1) is 16.3. The molecule has 0 unspecified atom stereocenters. The molecule has 0 aliphatic rings. The van der Waals surface area contributed by atoms with Crippen LogP contribution in [0.25, 0.3) is 16.8 Å². The van der Waals surface area contributed by atoms with Gasteiger partial charge in [0.05, 0.1) is 5.69 Å². The van der Waals surface area contributed by atoms with Crippen molar-refractivity contribution < 1.29 is 9.18 Å². The van der Waals surface area contributed by atoms with Crippen molar-refractivity contribution in [1.82, 2.24) is 4.57 Å². The van der Waals surface area contributed by atoms with Crippen molar-refractivity contribution >= 4 is 22.9 Å². The molecule has 0 saturated heterocycles. The van der Waals surface area contributed by atoms with Crippen molar-refractivity contribution in [2.75, 3.05) is 5.32 Å². The molecular formula is C21H15FN2OS. The van der Waals surface area contributed by atoms with Gasteiger partial charge in [-0.05, 0) is 42.0 Å². The third kappa shape index (κ3) is 3.17. The van der Waals surface area contributed by atoms with Crippen LogP contribution in [-0.4, -0.2) is 10.5 Å². The lowest BCUT2D eigenvalue weighted by atomic mass is 10.1. The fraction of sp³-hybridized carbons (Fsp3) is 0. The Labute approximate surface area is 154 Å². The molecule has 5 heteroatoms. The summed E-state index contributed by atoms with van der Waals surface area (Å²) in [5, 5.41) is 4.87. The Kier molecular flexibility index (Phi) is 4.37. The minimum Gasteiger partial charge on any atom is -0.322 e. The number of anilines is 1. The van der Waals surface area contributed by atoms with Crippen LogP contribution in [0.5, 0.6) is 0 Å². The molecule has 2 aromatic carbocycles. The second-order valence-corrected chi connectivity index (χ2v) is 6.62. The summed E-state index contributed by atoms with van der Waals surface area (Å²) in [4.78, 5) is 13.5. The fourth-order valence-electron chi connectivity index (χ4n) is 2.80. The van der Waals surface area contributed by atoms with E-state index in [1.807, 2.05) is 64.8 Å². The lowest BCUT2D eigenvalue weighted by Crippen LogP contribution is -2.12. The molecule has 1 N–H and O–H groups in total. The van der Waals surface area contributed by atoms with Crippen LogP contribution in [0.15, 0.2) is 84.5 Å². The number of para-hydroxylation sites is 1. The van der Waals surface area contributed by atoms with Gasteiger partial charge in [0, 0.05) is 29.0 Å². The quantitative estimate of drug-likeness (QED) is 0.504. The molecular weight excluding hydrogens is 347 g/mol. The molecule has 128 valence electrons. The van der Waals surface area contributed by atoms with Crippen molar-refractivity contribution in [3.05, 3.63) is 95.2 Å². The van der Waals surface area contributed by atoms with Gasteiger partial charge < -0.3 is 9.88 Å². The monoisotopic (exact) mass is 362 g/mol. The first-order chi connectivity index (χ1) is 12.7. The van der Waals surface area contributed by atoms with E-state index in [0.717, 1.165) is 22.5 Å². The van der Waals surface area contributed by atoms with Gasteiger partial charge in [-0.1, -0.05) is 30.3 Å². The molecule has 0 bridgehead atoms. The fourth-order valence-corrected chi connectivity index (χ4v) is 3.76. The Balaban J connectivity index is 1.78. The van der Waals surface area contributed by atoms with Crippen LogP contribution < -0.4 is 5.32 Å². The van der Waals surface area contributed by atoms with Crippen LogP contribution in [-0.2, 0) is 0 Å². The average Bonchev–Trinajstić information content (AvgIpc) is 3.32. The Morgan fingerprint density at radius 2 is 1.62 bits per heavy atom. The standard InChI is InChI=1S/C21H15FN2OS/c22-16-10-8-15(9-11-16)18-14-26-20(19(18)24-12-4-5-13-24)21(25)23-17-6-2-1-3-7-17/h1-14H,(H,23,25). The molecule has 3 nitrogen and oxygen atoms in total. The largest absolute Gasteiger partial charge is 0.322 e. The highest BCUT2D eigenvalue weighted by Gasteiger charge is 2.20. The normalized spacial score (nSPS) is 10.7. The zero-order chi connectivity index (χ0) is 17.9. The predicted molar refractivity (Wildman–Crippen MR) is 103 cm³/mol. The topological polar surface area (TPSA) is 34.0 Å². The van der Waals surface area contributed by atoms with Crippen LogP contribution in [0.4, 0.5) is 10.1 Å². The molecule has 26 heavy (non-hydrogen) atoms. The summed E-state index contributed by atoms with van der Waals surface area (Å²) in [7, 11) is 0. The number of carbonyl (C=O) groups excluding carboxylic acids is 1. The SMILES string of the molecule is O=C(Nc1ccccc1)c1scc(-c2ccc(F)cc2)c1-n1cccc1. The summed E-state index contributed by atoms with van der Waals surface area (Å²) < 4.78 is 15.2. The molecule has 0 aliphatic heterocycles. The van der Waals surface area contributed by atoms with E-state index in [1.54, 1.807) is 12.1 Å². The smallest absolute Gasteiger partial charge is 0.267 e. The molecule has 4 aromatic rings. The Morgan fingerprint density at radius 3 is 2.31 bits per heavy atom. The van der Waals surface area contributed by atoms with E-state index >= 15 is 0 Å². The first-order valence-electron chi connectivity index (χ1n) is 8.09. The van der Waals surface area contributed by atoms with Crippen molar-refractivity contribution in [2.24, 2.45) is 0 Å². The van der Waals surface area contributed by atoms with Gasteiger partial charge >= 0.3 is 0 Å². The Hall–Kier alpha value is -3.18. The second kappa shape index (κ2) is 6.98. The molecule has 0 radical (unpaired) electrons. The van der Waals surface area contributed by atoms with Crippen LogP contribution in [0.1, 0.15) is 9.67 Å². The van der Waals surface area contributed by atoms with E-state index in [2.05, 4.69) is 5.32 Å². The van der Waals surface area contributed by atoms with E-state index in [4.69, 9.17) is 0 Å². The number of benzene rings is 2. The van der Waals surface area contributed by atoms with Crippen molar-refractivity contribution in [2.45, 2.75) is 0 Å². The van der Waals surface area contributed by atoms with Gasteiger partial charge in [0.25, 0.3) is 5.91 Å². The number of halogens is 1. The number of hydrogen-bond acceptors (Lipinski definition) is 2. The zero-order valence-electron chi connectivity index (χ0n) is 13.7. The van der Waals surface area contributed by atoms with Crippen LogP contribution in [0.2, 0.25) is 0 Å². The number of thiophene rings is 1. The molecule has 2 aromatic heterocycles. The number of nitrogens with one attached hydrogen (secondary N) is 1. The van der Waals surface area contributed by atoms with Crippen molar-refractivity contribution in [3.8, 4) is 16.8 Å². The second-order valence-electron chi connectivity index (χ2n) is 5.74. The highest BCUT2D eigenvalue weighted by molar-refractivity contribution is 7.13. The van der Waals surface area contributed by atoms with E-state index in [-0.39, 0.29) is 11.7 Å². The van der Waals surface area contributed by atoms with Crippen LogP contribution >= 0.6 is 11.3 Å². The molecule has 4 rings (SSSR count). The number of amides is 1. The average molecular weight is 362 g/mol. The van der Waals surface area contributed by atoms with E-state index in [0.29, 0.717) is 4.88 Å². The molecule has 2 heterocycles. The molecule has 0 atom stereocenters. The number of hydrogen-bond donors (Lipinski definition) is 1. The lowest BCUT2D eigenvalue weighted by Gasteiger charge is -2.10. The lowest BCUT2D eigenvalue weighted by molar-refractivity contribution is 0.103. The Morgan fingerprint density at radius 1 is 0.923 bits per heavy atom. The van der Waals surface area contributed by atoms with Gasteiger partial charge in [0.1, 0.15) is 10.7 Å². The highest BCUT2D eigenvalue weighted by atomic mass is 32.1. The molecule has 0 saturated carbocycles. The van der Waals surface area contributed by atoms with E-state index < -0.39 is 0 Å². The summed E-state index contributed by atoms with van der Waals surface area (Å²) in [6.07, 6.45) is 3.79. The minimum absolute atomic E-state index is 0.168. The number of aromatic nitrogens is 1. The van der Waals surface area contributed by atoms with Gasteiger partial charge in [0.2, 0.25) is 0 Å². The van der Waals surface area contributed by atoms with Gasteiger partial charge in [0.15, 0.2) is 0 Å². The highest BCUT2D eigenvalue weighted by Crippen LogP contribution is 2.35. The summed E-state index contributed by atoms with van der Waals surface area (Å²) in [5.74, 6) is -0.452. The Bertz CT molecular complexity index is 1020. The summed E-state index contributed by atoms with van der Waals surface area (Å²) in [5.41, 5.74) is 3.29. The van der Waals surface area contributed by atoms with Gasteiger partial charge in [-0.25, -0.2) is 4.39 Å². The number of nitrogens with zero attached hydrogens (tertiary/aromatic N) is 1. The summed E-state index contributed by atoms with van der Waals surface area (Å²) >= 11 is 1.37. The number of rotatable bonds is 4. The van der Waals surface area contributed by atoms with Crippen LogP contribution in [0, 0.1) is 5.82 Å². The maximum absolute atomic E-state index is 13.3. The third-order valence-corrected chi connectivity index (χ3v) is 4.99. The maximum atomic E-state index is 13.3. The van der Waals surface area contributed by atoms with Crippen LogP contribution in [0.3, 0.4) is 0 Å².